The number of primary amides is 1. The van der Waals surface area contributed by atoms with E-state index in [0.717, 1.165) is 12.8 Å². The highest BCUT2D eigenvalue weighted by Crippen LogP contribution is 2.25. The van der Waals surface area contributed by atoms with Crippen molar-refractivity contribution in [3.8, 4) is 0 Å². The molecule has 0 rings (SSSR count). The van der Waals surface area contributed by atoms with Gasteiger partial charge >= 0.3 is 0 Å². The van der Waals surface area contributed by atoms with Gasteiger partial charge in [-0.3, -0.25) is 9.59 Å². The van der Waals surface area contributed by atoms with Gasteiger partial charge in [0, 0.05) is 13.1 Å². The molecule has 4 N–H and O–H groups in total. The van der Waals surface area contributed by atoms with Gasteiger partial charge in [-0.05, 0) is 18.3 Å². The summed E-state index contributed by atoms with van der Waals surface area (Å²) in [6.07, 6.45) is 2.55. The summed E-state index contributed by atoms with van der Waals surface area (Å²) >= 11 is 0. The van der Waals surface area contributed by atoms with E-state index < -0.39 is 5.91 Å². The number of rotatable bonds is 8. The number of nitrogens with zero attached hydrogens (tertiary/aromatic N) is 1. The Hall–Kier alpha value is -1.10. The molecular weight excluding hydrogens is 242 g/mol. The van der Waals surface area contributed by atoms with E-state index in [0.29, 0.717) is 19.5 Å². The molecule has 0 spiro atoms. The lowest BCUT2D eigenvalue weighted by Gasteiger charge is -2.29. The summed E-state index contributed by atoms with van der Waals surface area (Å²) in [6.45, 7) is 9.13. The summed E-state index contributed by atoms with van der Waals surface area (Å²) in [7, 11) is 0. The molecule has 112 valence electrons. The number of amides is 2. The predicted octanol–water partition coefficient (Wildman–Crippen LogP) is 1.11. The van der Waals surface area contributed by atoms with Crippen LogP contribution >= 0.6 is 0 Å². The fourth-order valence-corrected chi connectivity index (χ4v) is 2.07. The summed E-state index contributed by atoms with van der Waals surface area (Å²) in [5.41, 5.74) is 11.0. The molecular formula is C14H29N3O2. The molecule has 0 radical (unpaired) electrons. The molecule has 0 aromatic heterocycles. The van der Waals surface area contributed by atoms with Gasteiger partial charge in [0.1, 0.15) is 0 Å². The Morgan fingerprint density at radius 2 is 1.84 bits per heavy atom. The van der Waals surface area contributed by atoms with Crippen LogP contribution in [0.15, 0.2) is 0 Å². The predicted molar refractivity (Wildman–Crippen MR) is 77.3 cm³/mol. The molecule has 0 bridgehead atoms. The monoisotopic (exact) mass is 271 g/mol. The van der Waals surface area contributed by atoms with E-state index in [9.17, 15) is 9.59 Å². The zero-order valence-corrected chi connectivity index (χ0v) is 12.7. The molecule has 0 saturated carbocycles. The third kappa shape index (κ3) is 7.82. The van der Waals surface area contributed by atoms with E-state index in [2.05, 4.69) is 20.8 Å². The van der Waals surface area contributed by atoms with Crippen molar-refractivity contribution in [2.24, 2.45) is 22.8 Å². The maximum atomic E-state index is 12.4. The van der Waals surface area contributed by atoms with Crippen LogP contribution in [0.4, 0.5) is 0 Å². The quantitative estimate of drug-likeness (QED) is 0.693. The summed E-state index contributed by atoms with van der Waals surface area (Å²) < 4.78 is 0. The molecule has 0 heterocycles. The Balaban J connectivity index is 4.76. The van der Waals surface area contributed by atoms with E-state index >= 15 is 0 Å². The van der Waals surface area contributed by atoms with Crippen molar-refractivity contribution < 1.29 is 9.59 Å². The second kappa shape index (κ2) is 8.15. The van der Waals surface area contributed by atoms with Gasteiger partial charge in [0.25, 0.3) is 0 Å². The lowest BCUT2D eigenvalue weighted by molar-refractivity contribution is -0.139. The minimum absolute atomic E-state index is 0.0144. The summed E-state index contributed by atoms with van der Waals surface area (Å²) in [5, 5.41) is 0. The SMILES string of the molecule is CCCCN(CC(N)=O)C(=O)C(CN)CC(C)(C)C. The van der Waals surface area contributed by atoms with Crippen molar-refractivity contribution in [1.29, 1.82) is 0 Å². The van der Waals surface area contributed by atoms with E-state index in [4.69, 9.17) is 11.5 Å². The molecule has 1 atom stereocenters. The van der Waals surface area contributed by atoms with Crippen molar-refractivity contribution in [2.45, 2.75) is 47.0 Å². The van der Waals surface area contributed by atoms with Gasteiger partial charge in [-0.1, -0.05) is 34.1 Å². The van der Waals surface area contributed by atoms with E-state index in [-0.39, 0.29) is 23.8 Å². The third-order valence-electron chi connectivity index (χ3n) is 2.93. The highest BCUT2D eigenvalue weighted by Gasteiger charge is 2.28. The molecule has 0 aromatic rings. The highest BCUT2D eigenvalue weighted by molar-refractivity contribution is 5.85. The summed E-state index contributed by atoms with van der Waals surface area (Å²) in [5.74, 6) is -0.767. The molecule has 5 heteroatoms. The van der Waals surface area contributed by atoms with E-state index in [1.807, 2.05) is 6.92 Å². The zero-order valence-electron chi connectivity index (χ0n) is 12.7. The van der Waals surface area contributed by atoms with Crippen LogP contribution in [0, 0.1) is 11.3 Å². The van der Waals surface area contributed by atoms with E-state index in [1.165, 1.54) is 0 Å². The Bertz CT molecular complexity index is 298. The second-order valence-corrected chi connectivity index (χ2v) is 6.28. The van der Waals surface area contributed by atoms with Crippen LogP contribution in [0.5, 0.6) is 0 Å². The summed E-state index contributed by atoms with van der Waals surface area (Å²) in [6, 6.07) is 0. The first-order valence-corrected chi connectivity index (χ1v) is 6.98. The molecule has 0 aliphatic heterocycles. The molecule has 0 aliphatic carbocycles. The molecule has 0 saturated heterocycles. The maximum absolute atomic E-state index is 12.4. The van der Waals surface area contributed by atoms with Gasteiger partial charge < -0.3 is 16.4 Å². The average molecular weight is 271 g/mol. The molecule has 0 aromatic carbocycles. The average Bonchev–Trinajstić information content (AvgIpc) is 2.29. The minimum atomic E-state index is -0.476. The van der Waals surface area contributed by atoms with E-state index in [1.54, 1.807) is 4.90 Å². The smallest absolute Gasteiger partial charge is 0.237 e. The fourth-order valence-electron chi connectivity index (χ4n) is 2.07. The number of hydrogen-bond donors (Lipinski definition) is 2. The first-order chi connectivity index (χ1) is 8.71. The normalized spacial score (nSPS) is 13.1. The molecule has 1 unspecified atom stereocenters. The van der Waals surface area contributed by atoms with Gasteiger partial charge in [-0.25, -0.2) is 0 Å². The molecule has 5 nitrogen and oxygen atoms in total. The van der Waals surface area contributed by atoms with Crippen molar-refractivity contribution in [2.75, 3.05) is 19.6 Å². The van der Waals surface area contributed by atoms with Gasteiger partial charge in [-0.15, -0.1) is 0 Å². The Morgan fingerprint density at radius 3 is 2.21 bits per heavy atom. The van der Waals surface area contributed by atoms with Crippen LogP contribution < -0.4 is 11.5 Å². The number of nitrogens with two attached hydrogens (primary N) is 2. The molecule has 2 amide bonds. The Morgan fingerprint density at radius 1 is 1.26 bits per heavy atom. The van der Waals surface area contributed by atoms with Gasteiger partial charge in [0.15, 0.2) is 0 Å². The third-order valence-corrected chi connectivity index (χ3v) is 2.93. The van der Waals surface area contributed by atoms with Crippen molar-refractivity contribution in [3.63, 3.8) is 0 Å². The number of hydrogen-bond acceptors (Lipinski definition) is 3. The topological polar surface area (TPSA) is 89.4 Å². The fraction of sp³-hybridized carbons (Fsp3) is 0.857. The van der Waals surface area contributed by atoms with Crippen LogP contribution in [-0.2, 0) is 9.59 Å². The van der Waals surface area contributed by atoms with Gasteiger partial charge in [-0.2, -0.15) is 0 Å². The first kappa shape index (κ1) is 17.9. The molecule has 0 fully saturated rings. The molecule has 0 aliphatic rings. The zero-order chi connectivity index (χ0) is 15.1. The van der Waals surface area contributed by atoms with Crippen LogP contribution in [0.3, 0.4) is 0 Å². The van der Waals surface area contributed by atoms with Gasteiger partial charge in [0.2, 0.25) is 11.8 Å². The number of carbonyl (C=O) groups excluding carboxylic acids is 2. The lowest BCUT2D eigenvalue weighted by Crippen LogP contribution is -2.45. The molecule has 19 heavy (non-hydrogen) atoms. The highest BCUT2D eigenvalue weighted by atomic mass is 16.2. The lowest BCUT2D eigenvalue weighted by atomic mass is 9.84. The minimum Gasteiger partial charge on any atom is -0.368 e. The van der Waals surface area contributed by atoms with Gasteiger partial charge in [0.05, 0.1) is 12.5 Å². The first-order valence-electron chi connectivity index (χ1n) is 6.98. The standard InChI is InChI=1S/C14H29N3O2/c1-5-6-7-17(10-12(16)18)13(19)11(9-15)8-14(2,3)4/h11H,5-10,15H2,1-4H3,(H2,16,18). The van der Waals surface area contributed by atoms with Crippen LogP contribution in [0.2, 0.25) is 0 Å². The van der Waals surface area contributed by atoms with Crippen LogP contribution in [0.25, 0.3) is 0 Å². The summed E-state index contributed by atoms with van der Waals surface area (Å²) in [4.78, 5) is 25.1. The van der Waals surface area contributed by atoms with Crippen molar-refractivity contribution >= 4 is 11.8 Å². The Labute approximate surface area is 116 Å². The Kier molecular flexibility index (Phi) is 7.68. The number of unbranched alkanes of at least 4 members (excludes halogenated alkanes) is 1. The van der Waals surface area contributed by atoms with Crippen molar-refractivity contribution in [1.82, 2.24) is 4.90 Å². The van der Waals surface area contributed by atoms with Crippen molar-refractivity contribution in [3.05, 3.63) is 0 Å². The van der Waals surface area contributed by atoms with Crippen LogP contribution in [0.1, 0.15) is 47.0 Å². The number of carbonyl (C=O) groups is 2. The van der Waals surface area contributed by atoms with Crippen LogP contribution in [-0.4, -0.2) is 36.3 Å². The largest absolute Gasteiger partial charge is 0.368 e. The maximum Gasteiger partial charge on any atom is 0.237 e. The second-order valence-electron chi connectivity index (χ2n) is 6.28.